The smallest absolute Gasteiger partial charge is 0.149 e. The van der Waals surface area contributed by atoms with Crippen molar-refractivity contribution in [1.29, 1.82) is 0 Å². The van der Waals surface area contributed by atoms with Gasteiger partial charge in [0.2, 0.25) is 0 Å². The van der Waals surface area contributed by atoms with E-state index in [0.29, 0.717) is 28.4 Å². The molecule has 0 saturated heterocycles. The van der Waals surface area contributed by atoms with E-state index in [1.165, 1.54) is 0 Å². The second-order valence-corrected chi connectivity index (χ2v) is 5.10. The lowest BCUT2D eigenvalue weighted by atomic mass is 10.1. The van der Waals surface area contributed by atoms with Crippen LogP contribution < -0.4 is 0 Å². The molecular formula is C16H11N5O2. The molecule has 0 aliphatic heterocycles. The lowest BCUT2D eigenvalue weighted by molar-refractivity contribution is 0.484. The van der Waals surface area contributed by atoms with Gasteiger partial charge in [-0.05, 0) is 5.18 Å². The van der Waals surface area contributed by atoms with E-state index in [1.807, 2.05) is 0 Å². The highest BCUT2D eigenvalue weighted by Crippen LogP contribution is 2.41. The number of nitrogens with zero attached hydrogens (tertiary/aromatic N) is 5. The van der Waals surface area contributed by atoms with Crippen molar-refractivity contribution < 1.29 is 5.11 Å². The van der Waals surface area contributed by atoms with Crippen LogP contribution in [0.1, 0.15) is 5.69 Å². The molecule has 0 spiro atoms. The molecule has 0 unspecified atom stereocenters. The normalized spacial score (nSPS) is 11.1. The van der Waals surface area contributed by atoms with E-state index in [4.69, 9.17) is 0 Å². The fourth-order valence-electron chi connectivity index (χ4n) is 2.75. The van der Waals surface area contributed by atoms with Crippen molar-refractivity contribution in [3.63, 3.8) is 0 Å². The molecule has 112 valence electrons. The summed E-state index contributed by atoms with van der Waals surface area (Å²) < 4.78 is 1.73. The summed E-state index contributed by atoms with van der Waals surface area (Å²) in [5.41, 5.74) is 1.79. The van der Waals surface area contributed by atoms with E-state index in [1.54, 1.807) is 53.8 Å². The molecule has 0 atom stereocenters. The molecule has 1 N–H and O–H groups in total. The van der Waals surface area contributed by atoms with Crippen LogP contribution in [0.4, 0.5) is 5.69 Å². The fraction of sp³-hybridized carbons (Fsp3) is 0.0625. The summed E-state index contributed by atoms with van der Waals surface area (Å²) in [7, 11) is 0. The zero-order chi connectivity index (χ0) is 15.8. The summed E-state index contributed by atoms with van der Waals surface area (Å²) >= 11 is 0. The van der Waals surface area contributed by atoms with Crippen molar-refractivity contribution in [3.05, 3.63) is 59.8 Å². The first-order chi connectivity index (χ1) is 11.3. The Morgan fingerprint density at radius 1 is 1.13 bits per heavy atom. The highest BCUT2D eigenvalue weighted by Gasteiger charge is 2.18. The summed E-state index contributed by atoms with van der Waals surface area (Å²) in [4.78, 5) is 23.8. The van der Waals surface area contributed by atoms with Gasteiger partial charge in [-0.2, -0.15) is 0 Å². The molecule has 4 aromatic rings. The lowest BCUT2D eigenvalue weighted by Gasteiger charge is -2.08. The Labute approximate surface area is 130 Å². The number of imidazole rings is 1. The van der Waals surface area contributed by atoms with Gasteiger partial charge >= 0.3 is 0 Å². The van der Waals surface area contributed by atoms with E-state index in [9.17, 15) is 10.0 Å². The third-order valence-electron chi connectivity index (χ3n) is 3.76. The fourth-order valence-corrected chi connectivity index (χ4v) is 2.75. The van der Waals surface area contributed by atoms with Gasteiger partial charge in [-0.25, -0.2) is 4.98 Å². The van der Waals surface area contributed by atoms with Crippen LogP contribution in [-0.4, -0.2) is 24.6 Å². The largest absolute Gasteiger partial charge is 0.505 e. The lowest BCUT2D eigenvalue weighted by Crippen LogP contribution is -2.00. The van der Waals surface area contributed by atoms with E-state index in [0.717, 1.165) is 5.69 Å². The molecule has 0 radical (unpaired) electrons. The molecular weight excluding hydrogens is 294 g/mol. The summed E-state index contributed by atoms with van der Waals surface area (Å²) in [6, 6.07) is 7.08. The Bertz CT molecular complexity index is 1030. The highest BCUT2D eigenvalue weighted by molar-refractivity contribution is 6.12. The maximum absolute atomic E-state index is 11.3. The van der Waals surface area contributed by atoms with Gasteiger partial charge in [0.15, 0.2) is 0 Å². The van der Waals surface area contributed by atoms with Gasteiger partial charge in [0, 0.05) is 23.2 Å². The highest BCUT2D eigenvalue weighted by atomic mass is 16.3. The predicted molar refractivity (Wildman–Crippen MR) is 85.5 cm³/mol. The van der Waals surface area contributed by atoms with Crippen molar-refractivity contribution in [2.24, 2.45) is 5.18 Å². The molecule has 2 aromatic carbocycles. The summed E-state index contributed by atoms with van der Waals surface area (Å²) in [6.45, 7) is 0.383. The van der Waals surface area contributed by atoms with Gasteiger partial charge < -0.3 is 9.67 Å². The summed E-state index contributed by atoms with van der Waals surface area (Å²) in [6.07, 6.45) is 6.40. The Morgan fingerprint density at radius 3 is 2.70 bits per heavy atom. The number of fused-ring (bicyclic) bond motifs is 2. The molecule has 0 saturated carbocycles. The Hall–Kier alpha value is -3.35. The van der Waals surface area contributed by atoms with Crippen LogP contribution in [0, 0.1) is 4.91 Å². The van der Waals surface area contributed by atoms with Gasteiger partial charge in [0.1, 0.15) is 22.5 Å². The monoisotopic (exact) mass is 305 g/mol. The number of hydrogen-bond donors (Lipinski definition) is 1. The van der Waals surface area contributed by atoms with Crippen molar-refractivity contribution in [2.45, 2.75) is 6.54 Å². The van der Waals surface area contributed by atoms with Crippen LogP contribution in [0.5, 0.6) is 5.75 Å². The number of hydrogen-bond acceptors (Lipinski definition) is 6. The SMILES string of the molecule is O=Nc1c2ccccc2c(O)c2c1ncn2Cc1cnccn1. The Balaban J connectivity index is 2.01. The molecule has 0 aliphatic rings. The van der Waals surface area contributed by atoms with Crippen LogP contribution in [0.15, 0.2) is 54.4 Å². The van der Waals surface area contributed by atoms with Crippen molar-refractivity contribution in [1.82, 2.24) is 19.5 Å². The van der Waals surface area contributed by atoms with Crippen LogP contribution in [0.25, 0.3) is 21.8 Å². The van der Waals surface area contributed by atoms with Gasteiger partial charge in [-0.3, -0.25) is 9.97 Å². The molecule has 7 nitrogen and oxygen atoms in total. The second kappa shape index (κ2) is 5.13. The average Bonchev–Trinajstić information content (AvgIpc) is 3.00. The van der Waals surface area contributed by atoms with Crippen molar-refractivity contribution in [3.8, 4) is 5.75 Å². The summed E-state index contributed by atoms with van der Waals surface area (Å²) in [5, 5.41) is 14.9. The maximum Gasteiger partial charge on any atom is 0.149 e. The van der Waals surface area contributed by atoms with E-state index in [2.05, 4.69) is 20.1 Å². The van der Waals surface area contributed by atoms with Crippen LogP contribution in [0.3, 0.4) is 0 Å². The van der Waals surface area contributed by atoms with Crippen LogP contribution in [-0.2, 0) is 6.54 Å². The van der Waals surface area contributed by atoms with E-state index in [-0.39, 0.29) is 11.4 Å². The number of phenols is 1. The maximum atomic E-state index is 11.3. The first kappa shape index (κ1) is 13.3. The van der Waals surface area contributed by atoms with E-state index < -0.39 is 0 Å². The molecule has 0 aliphatic carbocycles. The van der Waals surface area contributed by atoms with E-state index >= 15 is 0 Å². The quantitative estimate of drug-likeness (QED) is 0.587. The topological polar surface area (TPSA) is 93.3 Å². The minimum absolute atomic E-state index is 0.0735. The molecule has 23 heavy (non-hydrogen) atoms. The number of aromatic hydroxyl groups is 1. The predicted octanol–water partition coefficient (Wildman–Crippen LogP) is 3.13. The number of phenolic OH excluding ortho intramolecular Hbond substituents is 1. The number of aromatic nitrogens is 4. The van der Waals surface area contributed by atoms with Crippen LogP contribution >= 0.6 is 0 Å². The molecule has 0 bridgehead atoms. The molecule has 4 rings (SSSR count). The average molecular weight is 305 g/mol. The molecule has 0 fully saturated rings. The number of nitroso groups, excluding NO2 is 1. The number of benzene rings is 2. The third-order valence-corrected chi connectivity index (χ3v) is 3.76. The zero-order valence-corrected chi connectivity index (χ0v) is 11.9. The van der Waals surface area contributed by atoms with Gasteiger partial charge in [0.25, 0.3) is 0 Å². The summed E-state index contributed by atoms with van der Waals surface area (Å²) in [5.74, 6) is 0.0735. The minimum Gasteiger partial charge on any atom is -0.505 e. The molecule has 2 aromatic heterocycles. The molecule has 7 heteroatoms. The first-order valence-electron chi connectivity index (χ1n) is 6.96. The molecule has 0 amide bonds. The second-order valence-electron chi connectivity index (χ2n) is 5.10. The van der Waals surface area contributed by atoms with Crippen LogP contribution in [0.2, 0.25) is 0 Å². The minimum atomic E-state index is 0.0735. The number of rotatable bonds is 3. The Morgan fingerprint density at radius 2 is 1.96 bits per heavy atom. The van der Waals surface area contributed by atoms with Crippen molar-refractivity contribution >= 4 is 27.5 Å². The van der Waals surface area contributed by atoms with Crippen molar-refractivity contribution in [2.75, 3.05) is 0 Å². The first-order valence-corrected chi connectivity index (χ1v) is 6.96. The van der Waals surface area contributed by atoms with Gasteiger partial charge in [-0.1, -0.05) is 24.3 Å². The molecule has 2 heterocycles. The Kier molecular flexibility index (Phi) is 2.97. The zero-order valence-electron chi connectivity index (χ0n) is 11.9. The third kappa shape index (κ3) is 2.02. The van der Waals surface area contributed by atoms with Gasteiger partial charge in [0.05, 0.1) is 24.8 Å². The van der Waals surface area contributed by atoms with Gasteiger partial charge in [-0.15, -0.1) is 4.91 Å². The standard InChI is InChI=1S/C16H11N5O2/c22-16-12-4-2-1-3-11(12)13(20-23)14-15(16)21(9-19-14)8-10-7-17-5-6-18-10/h1-7,9,22H,8H2.